The van der Waals surface area contributed by atoms with Gasteiger partial charge in [0.05, 0.1) is 0 Å². The van der Waals surface area contributed by atoms with E-state index in [2.05, 4.69) is 43.6 Å². The third-order valence-corrected chi connectivity index (χ3v) is 3.00. The molecule has 1 unspecified atom stereocenters. The van der Waals surface area contributed by atoms with Gasteiger partial charge in [0.15, 0.2) is 0 Å². The second-order valence-electron chi connectivity index (χ2n) is 4.10. The van der Waals surface area contributed by atoms with Crippen LogP contribution in [-0.2, 0) is 0 Å². The summed E-state index contributed by atoms with van der Waals surface area (Å²) < 4.78 is 0. The second-order valence-corrected chi connectivity index (χ2v) is 4.10. The van der Waals surface area contributed by atoms with E-state index >= 15 is 0 Å². The monoisotopic (exact) mass is 221 g/mol. The molecule has 90 valence electrons. The normalized spacial score (nSPS) is 12.6. The maximum absolute atomic E-state index is 6.00. The molecule has 16 heavy (non-hydrogen) atoms. The predicted molar refractivity (Wildman–Crippen MR) is 69.8 cm³/mol. The molecule has 0 saturated heterocycles. The van der Waals surface area contributed by atoms with E-state index in [1.165, 1.54) is 5.56 Å². The van der Waals surface area contributed by atoms with E-state index in [1.54, 1.807) is 0 Å². The third kappa shape index (κ3) is 2.73. The summed E-state index contributed by atoms with van der Waals surface area (Å²) >= 11 is 0. The lowest BCUT2D eigenvalue weighted by atomic mass is 10.1. The van der Waals surface area contributed by atoms with Crippen LogP contribution in [0.3, 0.4) is 0 Å². The summed E-state index contributed by atoms with van der Waals surface area (Å²) in [6.07, 6.45) is 2.86. The molecule has 0 aliphatic heterocycles. The Kier molecular flexibility index (Phi) is 4.74. The van der Waals surface area contributed by atoms with E-state index in [4.69, 9.17) is 5.73 Å². The van der Waals surface area contributed by atoms with Crippen molar-refractivity contribution in [1.29, 1.82) is 0 Å². The number of nitrogens with zero attached hydrogens (tertiary/aromatic N) is 2. The van der Waals surface area contributed by atoms with Gasteiger partial charge in [0.25, 0.3) is 0 Å². The molecule has 1 atom stereocenters. The van der Waals surface area contributed by atoms with E-state index in [-0.39, 0.29) is 6.04 Å². The van der Waals surface area contributed by atoms with E-state index in [1.807, 2.05) is 6.20 Å². The number of nitrogens with two attached hydrogens (primary N) is 1. The van der Waals surface area contributed by atoms with Crippen molar-refractivity contribution in [3.05, 3.63) is 23.4 Å². The van der Waals surface area contributed by atoms with Gasteiger partial charge < -0.3 is 10.6 Å². The fourth-order valence-electron chi connectivity index (χ4n) is 1.88. The van der Waals surface area contributed by atoms with Crippen LogP contribution in [-0.4, -0.2) is 18.1 Å². The van der Waals surface area contributed by atoms with Gasteiger partial charge in [-0.1, -0.05) is 6.92 Å². The van der Waals surface area contributed by atoms with Crippen LogP contribution in [0.2, 0.25) is 0 Å². The van der Waals surface area contributed by atoms with Crippen molar-refractivity contribution >= 4 is 5.82 Å². The zero-order valence-corrected chi connectivity index (χ0v) is 10.8. The molecule has 0 aliphatic rings. The van der Waals surface area contributed by atoms with Gasteiger partial charge in [-0.25, -0.2) is 4.98 Å². The predicted octanol–water partition coefficient (Wildman–Crippen LogP) is 2.65. The minimum Gasteiger partial charge on any atom is -0.357 e. The van der Waals surface area contributed by atoms with E-state index in [0.717, 1.165) is 30.9 Å². The Balaban J connectivity index is 2.99. The molecule has 3 heteroatoms. The molecule has 1 aromatic heterocycles. The van der Waals surface area contributed by atoms with Gasteiger partial charge in [0, 0.05) is 25.3 Å². The fraction of sp³-hybridized carbons (Fsp3) is 0.615. The van der Waals surface area contributed by atoms with Crippen molar-refractivity contribution in [2.24, 2.45) is 5.73 Å². The molecule has 0 fully saturated rings. The first-order valence-electron chi connectivity index (χ1n) is 6.11. The largest absolute Gasteiger partial charge is 0.357 e. The number of aromatic nitrogens is 1. The molecule has 0 radical (unpaired) electrons. The molecule has 1 heterocycles. The maximum Gasteiger partial charge on any atom is 0.131 e. The summed E-state index contributed by atoms with van der Waals surface area (Å²) in [7, 11) is 0. The fourth-order valence-corrected chi connectivity index (χ4v) is 1.88. The summed E-state index contributed by atoms with van der Waals surface area (Å²) in [6.45, 7) is 10.5. The molecule has 0 saturated carbocycles. The Hall–Kier alpha value is -1.09. The van der Waals surface area contributed by atoms with Gasteiger partial charge in [-0.2, -0.15) is 0 Å². The highest BCUT2D eigenvalue weighted by Gasteiger charge is 2.10. The van der Waals surface area contributed by atoms with Crippen LogP contribution in [0.4, 0.5) is 5.82 Å². The average molecular weight is 221 g/mol. The number of anilines is 1. The zero-order chi connectivity index (χ0) is 12.1. The minimum absolute atomic E-state index is 0.108. The van der Waals surface area contributed by atoms with Crippen LogP contribution in [0.5, 0.6) is 0 Å². The van der Waals surface area contributed by atoms with Crippen LogP contribution in [0.1, 0.15) is 44.4 Å². The molecule has 1 rings (SSSR count). The summed E-state index contributed by atoms with van der Waals surface area (Å²) in [5, 5.41) is 0. The topological polar surface area (TPSA) is 42.1 Å². The number of aryl methyl sites for hydroxylation is 1. The smallest absolute Gasteiger partial charge is 0.131 e. The van der Waals surface area contributed by atoms with Gasteiger partial charge in [-0.05, 0) is 44.4 Å². The summed E-state index contributed by atoms with van der Waals surface area (Å²) in [6, 6.07) is 2.27. The molecule has 1 aromatic rings. The van der Waals surface area contributed by atoms with Gasteiger partial charge in [0.1, 0.15) is 5.82 Å². The van der Waals surface area contributed by atoms with Crippen LogP contribution in [0.25, 0.3) is 0 Å². The molecule has 0 amide bonds. The average Bonchev–Trinajstić information content (AvgIpc) is 2.31. The Bertz CT molecular complexity index is 332. The van der Waals surface area contributed by atoms with E-state index in [0.29, 0.717) is 0 Å². The Labute approximate surface area is 98.7 Å². The number of pyridine rings is 1. The summed E-state index contributed by atoms with van der Waals surface area (Å²) in [5.74, 6) is 1.08. The molecular formula is C13H23N3. The van der Waals surface area contributed by atoms with Crippen LogP contribution < -0.4 is 10.6 Å². The lowest BCUT2D eigenvalue weighted by Crippen LogP contribution is -2.24. The Morgan fingerprint density at radius 2 is 1.94 bits per heavy atom. The van der Waals surface area contributed by atoms with Crippen LogP contribution in [0, 0.1) is 6.92 Å². The van der Waals surface area contributed by atoms with Crippen molar-refractivity contribution in [1.82, 2.24) is 4.98 Å². The maximum atomic E-state index is 6.00. The third-order valence-electron chi connectivity index (χ3n) is 3.00. The molecular weight excluding hydrogens is 198 g/mol. The van der Waals surface area contributed by atoms with Gasteiger partial charge in [-0.15, -0.1) is 0 Å². The first-order valence-corrected chi connectivity index (χ1v) is 6.11. The number of hydrogen-bond acceptors (Lipinski definition) is 3. The van der Waals surface area contributed by atoms with Crippen LogP contribution >= 0.6 is 0 Å². The first kappa shape index (κ1) is 13.0. The summed E-state index contributed by atoms with van der Waals surface area (Å²) in [4.78, 5) is 6.80. The van der Waals surface area contributed by atoms with Crippen LogP contribution in [0.15, 0.2) is 12.3 Å². The van der Waals surface area contributed by atoms with Crippen molar-refractivity contribution in [3.63, 3.8) is 0 Å². The van der Waals surface area contributed by atoms with Gasteiger partial charge >= 0.3 is 0 Å². The molecule has 0 aromatic carbocycles. The van der Waals surface area contributed by atoms with Crippen molar-refractivity contribution < 1.29 is 0 Å². The zero-order valence-electron chi connectivity index (χ0n) is 10.8. The van der Waals surface area contributed by atoms with Crippen molar-refractivity contribution in [2.75, 3.05) is 18.0 Å². The second kappa shape index (κ2) is 5.85. The van der Waals surface area contributed by atoms with E-state index < -0.39 is 0 Å². The quantitative estimate of drug-likeness (QED) is 0.831. The SMILES string of the molecule is CCC(N)c1cnc(N(CC)CC)c(C)c1. The van der Waals surface area contributed by atoms with E-state index in [9.17, 15) is 0 Å². The first-order chi connectivity index (χ1) is 7.63. The molecule has 0 spiro atoms. The standard InChI is InChI=1S/C13H23N3/c1-5-12(14)11-8-10(4)13(15-9-11)16(6-2)7-3/h8-9,12H,5-7,14H2,1-4H3. The van der Waals surface area contributed by atoms with Gasteiger partial charge in [-0.3, -0.25) is 0 Å². The number of hydrogen-bond donors (Lipinski definition) is 1. The highest BCUT2D eigenvalue weighted by atomic mass is 15.2. The molecule has 0 bridgehead atoms. The highest BCUT2D eigenvalue weighted by molar-refractivity contribution is 5.47. The molecule has 3 nitrogen and oxygen atoms in total. The minimum atomic E-state index is 0.108. The lowest BCUT2D eigenvalue weighted by molar-refractivity contribution is 0.693. The highest BCUT2D eigenvalue weighted by Crippen LogP contribution is 2.21. The Morgan fingerprint density at radius 3 is 2.38 bits per heavy atom. The van der Waals surface area contributed by atoms with Crippen molar-refractivity contribution in [2.45, 2.75) is 40.2 Å². The molecule has 2 N–H and O–H groups in total. The van der Waals surface area contributed by atoms with Gasteiger partial charge in [0.2, 0.25) is 0 Å². The summed E-state index contributed by atoms with van der Waals surface area (Å²) in [5.41, 5.74) is 8.35. The molecule has 0 aliphatic carbocycles. The lowest BCUT2D eigenvalue weighted by Gasteiger charge is -2.22. The van der Waals surface area contributed by atoms with Crippen molar-refractivity contribution in [3.8, 4) is 0 Å². The number of rotatable bonds is 5. The Morgan fingerprint density at radius 1 is 1.31 bits per heavy atom.